The van der Waals surface area contributed by atoms with Crippen molar-refractivity contribution in [2.24, 2.45) is 5.41 Å². The minimum absolute atomic E-state index is 0.0151. The maximum Gasteiger partial charge on any atom is 0.264 e. The highest BCUT2D eigenvalue weighted by atomic mass is 16.5. The Morgan fingerprint density at radius 2 is 2.17 bits per heavy atom. The number of carbonyl (C=O) groups is 3. The van der Waals surface area contributed by atoms with E-state index in [2.05, 4.69) is 10.6 Å². The minimum Gasteiger partial charge on any atom is -0.481 e. The van der Waals surface area contributed by atoms with Gasteiger partial charge in [-0.2, -0.15) is 0 Å². The number of hydrogen-bond donors (Lipinski definition) is 2. The fraction of sp³-hybridized carbons (Fsp3) is 0.438. The van der Waals surface area contributed by atoms with E-state index in [0.717, 1.165) is 0 Å². The van der Waals surface area contributed by atoms with Crippen LogP contribution >= 0.6 is 0 Å². The molecule has 0 aromatic heterocycles. The second-order valence-electron chi connectivity index (χ2n) is 6.19. The molecule has 0 aliphatic carbocycles. The maximum atomic E-state index is 12.7. The van der Waals surface area contributed by atoms with E-state index in [1.165, 1.54) is 4.90 Å². The van der Waals surface area contributed by atoms with Crippen LogP contribution in [0.5, 0.6) is 5.75 Å². The third kappa shape index (κ3) is 2.74. The van der Waals surface area contributed by atoms with E-state index in [1.54, 1.807) is 32.2 Å². The molecule has 1 aromatic rings. The summed E-state index contributed by atoms with van der Waals surface area (Å²) in [6.45, 7) is 2.25. The quantitative estimate of drug-likeness (QED) is 0.848. The first kappa shape index (κ1) is 15.3. The van der Waals surface area contributed by atoms with Gasteiger partial charge in [-0.05, 0) is 18.6 Å². The van der Waals surface area contributed by atoms with E-state index in [9.17, 15) is 14.4 Å². The van der Waals surface area contributed by atoms with Gasteiger partial charge in [-0.3, -0.25) is 14.4 Å². The molecule has 7 heteroatoms. The molecule has 1 saturated heterocycles. The molecular weight excluding hydrogens is 298 g/mol. The van der Waals surface area contributed by atoms with Gasteiger partial charge in [0.1, 0.15) is 11.4 Å². The second-order valence-corrected chi connectivity index (χ2v) is 6.19. The van der Waals surface area contributed by atoms with E-state index in [4.69, 9.17) is 4.74 Å². The molecule has 0 bridgehead atoms. The van der Waals surface area contributed by atoms with Crippen LogP contribution in [0.4, 0.5) is 11.4 Å². The number of likely N-dealkylation sites (N-methyl/N-ethyl adjacent to an activating group) is 1. The van der Waals surface area contributed by atoms with E-state index in [0.29, 0.717) is 30.1 Å². The van der Waals surface area contributed by atoms with Gasteiger partial charge in [-0.25, -0.2) is 0 Å². The molecule has 7 nitrogen and oxygen atoms in total. The number of para-hydroxylation sites is 1. The lowest BCUT2D eigenvalue weighted by Crippen LogP contribution is -2.46. The average Bonchev–Trinajstić information content (AvgIpc) is 2.51. The van der Waals surface area contributed by atoms with Crippen LogP contribution in [0, 0.1) is 5.41 Å². The van der Waals surface area contributed by atoms with Crippen molar-refractivity contribution in [3.8, 4) is 5.75 Å². The van der Waals surface area contributed by atoms with Crippen LogP contribution in [0.2, 0.25) is 0 Å². The number of anilines is 2. The summed E-state index contributed by atoms with van der Waals surface area (Å²) in [5, 5.41) is 5.59. The predicted octanol–water partition coefficient (Wildman–Crippen LogP) is 0.897. The number of nitrogens with one attached hydrogen (secondary N) is 2. The summed E-state index contributed by atoms with van der Waals surface area (Å²) in [4.78, 5) is 37.6. The first-order chi connectivity index (χ1) is 10.9. The van der Waals surface area contributed by atoms with E-state index in [1.807, 2.05) is 0 Å². The van der Waals surface area contributed by atoms with Crippen molar-refractivity contribution in [2.75, 3.05) is 30.4 Å². The molecule has 3 amide bonds. The van der Waals surface area contributed by atoms with E-state index >= 15 is 0 Å². The topological polar surface area (TPSA) is 87.7 Å². The zero-order valence-corrected chi connectivity index (χ0v) is 13.1. The smallest absolute Gasteiger partial charge is 0.264 e. The Labute approximate surface area is 134 Å². The summed E-state index contributed by atoms with van der Waals surface area (Å²) < 4.78 is 5.41. The SMILES string of the molecule is CN1C(=O)COc2cccc(NC(=O)C3(C)CCNC(=O)C3)c21. The van der Waals surface area contributed by atoms with Gasteiger partial charge in [-0.1, -0.05) is 13.0 Å². The van der Waals surface area contributed by atoms with Crippen molar-refractivity contribution in [1.82, 2.24) is 5.32 Å². The highest BCUT2D eigenvalue weighted by molar-refractivity contribution is 6.06. The third-order valence-electron chi connectivity index (χ3n) is 4.41. The summed E-state index contributed by atoms with van der Waals surface area (Å²) in [6.07, 6.45) is 0.726. The molecule has 2 aliphatic heterocycles. The van der Waals surface area contributed by atoms with Gasteiger partial charge in [-0.15, -0.1) is 0 Å². The number of hydrogen-bond acceptors (Lipinski definition) is 4. The summed E-state index contributed by atoms with van der Waals surface area (Å²) in [6, 6.07) is 5.24. The van der Waals surface area contributed by atoms with Crippen LogP contribution < -0.4 is 20.3 Å². The van der Waals surface area contributed by atoms with Crippen LogP contribution in [-0.2, 0) is 14.4 Å². The molecule has 1 atom stereocenters. The molecule has 3 rings (SSSR count). The van der Waals surface area contributed by atoms with Gasteiger partial charge in [0.05, 0.1) is 11.1 Å². The van der Waals surface area contributed by atoms with Gasteiger partial charge >= 0.3 is 0 Å². The molecule has 0 saturated carbocycles. The Balaban J connectivity index is 1.87. The fourth-order valence-electron chi connectivity index (χ4n) is 2.90. The van der Waals surface area contributed by atoms with Crippen molar-refractivity contribution in [1.29, 1.82) is 0 Å². The average molecular weight is 317 g/mol. The van der Waals surface area contributed by atoms with Crippen molar-refractivity contribution in [3.63, 3.8) is 0 Å². The van der Waals surface area contributed by atoms with Crippen LogP contribution in [0.3, 0.4) is 0 Å². The zero-order chi connectivity index (χ0) is 16.6. The van der Waals surface area contributed by atoms with E-state index in [-0.39, 0.29) is 30.7 Å². The summed E-state index contributed by atoms with van der Waals surface area (Å²) in [5.41, 5.74) is 0.291. The van der Waals surface area contributed by atoms with Crippen LogP contribution in [0.15, 0.2) is 18.2 Å². The number of amides is 3. The van der Waals surface area contributed by atoms with E-state index < -0.39 is 5.41 Å². The normalized spacial score (nSPS) is 23.7. The largest absolute Gasteiger partial charge is 0.481 e. The van der Waals surface area contributed by atoms with Crippen LogP contribution in [0.25, 0.3) is 0 Å². The van der Waals surface area contributed by atoms with Crippen LogP contribution in [0.1, 0.15) is 19.8 Å². The van der Waals surface area contributed by atoms with Crippen molar-refractivity contribution < 1.29 is 19.1 Å². The summed E-state index contributed by atoms with van der Waals surface area (Å²) in [7, 11) is 1.65. The summed E-state index contributed by atoms with van der Waals surface area (Å²) in [5.74, 6) is 0.0192. The molecule has 1 fully saturated rings. The van der Waals surface area contributed by atoms with Gasteiger partial charge in [0.25, 0.3) is 5.91 Å². The molecule has 2 aliphatic rings. The molecular formula is C16H19N3O4. The first-order valence-electron chi connectivity index (χ1n) is 7.51. The number of ether oxygens (including phenoxy) is 1. The number of nitrogens with zero attached hydrogens (tertiary/aromatic N) is 1. The molecule has 2 heterocycles. The van der Waals surface area contributed by atoms with Crippen LogP contribution in [-0.4, -0.2) is 37.9 Å². The molecule has 2 N–H and O–H groups in total. The molecule has 0 spiro atoms. The number of fused-ring (bicyclic) bond motifs is 1. The predicted molar refractivity (Wildman–Crippen MR) is 84.3 cm³/mol. The second kappa shape index (κ2) is 5.57. The molecule has 1 aromatic carbocycles. The highest BCUT2D eigenvalue weighted by Gasteiger charge is 2.39. The standard InChI is InChI=1S/C16H19N3O4/c1-16(6-7-17-12(20)8-16)15(22)18-10-4-3-5-11-14(10)19(2)13(21)9-23-11/h3-5H,6-9H2,1-2H3,(H,17,20)(H,18,22). The number of piperidine rings is 1. The minimum atomic E-state index is -0.761. The Morgan fingerprint density at radius 3 is 2.91 bits per heavy atom. The Kier molecular flexibility index (Phi) is 3.71. The lowest BCUT2D eigenvalue weighted by atomic mass is 9.79. The number of rotatable bonds is 2. The molecule has 122 valence electrons. The monoisotopic (exact) mass is 317 g/mol. The number of carbonyl (C=O) groups excluding carboxylic acids is 3. The van der Waals surface area contributed by atoms with Gasteiger partial charge in [0.2, 0.25) is 11.8 Å². The fourth-order valence-corrected chi connectivity index (χ4v) is 2.90. The number of benzene rings is 1. The highest BCUT2D eigenvalue weighted by Crippen LogP contribution is 2.39. The molecule has 1 unspecified atom stereocenters. The zero-order valence-electron chi connectivity index (χ0n) is 13.1. The first-order valence-corrected chi connectivity index (χ1v) is 7.51. The maximum absolute atomic E-state index is 12.7. The van der Waals surface area contributed by atoms with Crippen molar-refractivity contribution >= 4 is 29.1 Å². The Morgan fingerprint density at radius 1 is 1.39 bits per heavy atom. The molecule has 0 radical (unpaired) electrons. The Bertz CT molecular complexity index is 688. The lowest BCUT2D eigenvalue weighted by Gasteiger charge is -2.33. The Hall–Kier alpha value is -2.57. The summed E-state index contributed by atoms with van der Waals surface area (Å²) >= 11 is 0. The third-order valence-corrected chi connectivity index (χ3v) is 4.41. The van der Waals surface area contributed by atoms with Gasteiger partial charge in [0.15, 0.2) is 6.61 Å². The van der Waals surface area contributed by atoms with Gasteiger partial charge in [0, 0.05) is 20.0 Å². The molecule has 23 heavy (non-hydrogen) atoms. The van der Waals surface area contributed by atoms with Crippen molar-refractivity contribution in [2.45, 2.75) is 19.8 Å². The lowest BCUT2D eigenvalue weighted by molar-refractivity contribution is -0.134. The van der Waals surface area contributed by atoms with Crippen molar-refractivity contribution in [3.05, 3.63) is 18.2 Å². The van der Waals surface area contributed by atoms with Gasteiger partial charge < -0.3 is 20.3 Å².